The molecular weight excluding hydrogens is 312 g/mol. The maximum atomic E-state index is 12.9. The maximum absolute atomic E-state index is 12.9. The maximum Gasteiger partial charge on any atom is 0.248 e. The summed E-state index contributed by atoms with van der Waals surface area (Å²) < 4.78 is 10.1. The van der Waals surface area contributed by atoms with Gasteiger partial charge in [0.05, 0.1) is 11.1 Å². The van der Waals surface area contributed by atoms with Gasteiger partial charge in [-0.3, -0.25) is 9.59 Å². The van der Waals surface area contributed by atoms with Gasteiger partial charge in [-0.25, -0.2) is 0 Å². The molecule has 8 nitrogen and oxygen atoms in total. The molecule has 2 aliphatic heterocycles. The second-order valence-corrected chi connectivity index (χ2v) is 6.68. The van der Waals surface area contributed by atoms with Crippen molar-refractivity contribution in [2.45, 2.75) is 20.4 Å². The van der Waals surface area contributed by atoms with Gasteiger partial charge in [0, 0.05) is 51.3 Å². The second kappa shape index (κ2) is 6.52. The van der Waals surface area contributed by atoms with Gasteiger partial charge in [-0.2, -0.15) is 0 Å². The van der Waals surface area contributed by atoms with Crippen LogP contribution in [0.5, 0.6) is 0 Å². The van der Waals surface area contributed by atoms with Crippen LogP contribution >= 0.6 is 0 Å². The van der Waals surface area contributed by atoms with E-state index in [0.29, 0.717) is 26.2 Å². The number of rotatable bonds is 5. The van der Waals surface area contributed by atoms with Crippen molar-refractivity contribution in [3.8, 4) is 0 Å². The molecule has 0 spiro atoms. The number of aromatic nitrogens is 1. The van der Waals surface area contributed by atoms with Crippen LogP contribution in [-0.4, -0.2) is 61.8 Å². The Morgan fingerprint density at radius 3 is 2.96 bits per heavy atom. The summed E-state index contributed by atoms with van der Waals surface area (Å²) in [6, 6.07) is 0. The molecule has 3 rings (SSSR count). The van der Waals surface area contributed by atoms with Gasteiger partial charge < -0.3 is 24.8 Å². The number of methoxy groups -OCH3 is 1. The fraction of sp³-hybridized carbons (Fsp3) is 0.688. The quantitative estimate of drug-likeness (QED) is 0.760. The largest absolute Gasteiger partial charge is 0.375 e. The second-order valence-electron chi connectivity index (χ2n) is 6.68. The first-order valence-electron chi connectivity index (χ1n) is 8.15. The lowest BCUT2D eigenvalue weighted by Crippen LogP contribution is -2.47. The first kappa shape index (κ1) is 16.9. The summed E-state index contributed by atoms with van der Waals surface area (Å²) in [4.78, 5) is 26.8. The SMILES string of the molecule is COCC(=O)N1C[C@H]2CNC[C@@]2(C(=O)NCc2c(C)noc2C)C1. The summed E-state index contributed by atoms with van der Waals surface area (Å²) in [5.74, 6) is 0.757. The summed E-state index contributed by atoms with van der Waals surface area (Å²) in [6.07, 6.45) is 0. The van der Waals surface area contributed by atoms with Crippen LogP contribution in [0.2, 0.25) is 0 Å². The fourth-order valence-electron chi connectivity index (χ4n) is 3.75. The van der Waals surface area contributed by atoms with Gasteiger partial charge >= 0.3 is 0 Å². The Kier molecular flexibility index (Phi) is 4.60. The van der Waals surface area contributed by atoms with Gasteiger partial charge in [-0.15, -0.1) is 0 Å². The summed E-state index contributed by atoms with van der Waals surface area (Å²) in [7, 11) is 1.50. The third kappa shape index (κ3) is 2.80. The first-order chi connectivity index (χ1) is 11.5. The van der Waals surface area contributed by atoms with Crippen molar-refractivity contribution in [1.82, 2.24) is 20.7 Å². The van der Waals surface area contributed by atoms with E-state index in [1.54, 1.807) is 4.90 Å². The number of carbonyl (C=O) groups excluding carboxylic acids is 2. The van der Waals surface area contributed by atoms with E-state index in [1.165, 1.54) is 7.11 Å². The molecule has 0 unspecified atom stereocenters. The molecule has 0 aliphatic carbocycles. The minimum absolute atomic E-state index is 0.0229. The number of aryl methyl sites for hydroxylation is 2. The van der Waals surface area contributed by atoms with Crippen LogP contribution in [0, 0.1) is 25.2 Å². The van der Waals surface area contributed by atoms with E-state index < -0.39 is 5.41 Å². The highest BCUT2D eigenvalue weighted by Gasteiger charge is 2.55. The van der Waals surface area contributed by atoms with Gasteiger partial charge in [-0.1, -0.05) is 5.16 Å². The van der Waals surface area contributed by atoms with Crippen molar-refractivity contribution in [2.24, 2.45) is 11.3 Å². The minimum atomic E-state index is -0.567. The lowest BCUT2D eigenvalue weighted by molar-refractivity contribution is -0.135. The molecule has 2 aliphatic rings. The van der Waals surface area contributed by atoms with Crippen LogP contribution in [0.3, 0.4) is 0 Å². The van der Waals surface area contributed by atoms with Crippen LogP contribution in [0.15, 0.2) is 4.52 Å². The monoisotopic (exact) mass is 336 g/mol. The van der Waals surface area contributed by atoms with Gasteiger partial charge in [0.1, 0.15) is 12.4 Å². The van der Waals surface area contributed by atoms with E-state index in [9.17, 15) is 9.59 Å². The molecule has 24 heavy (non-hydrogen) atoms. The fourth-order valence-corrected chi connectivity index (χ4v) is 3.75. The topological polar surface area (TPSA) is 96.7 Å². The number of hydrogen-bond acceptors (Lipinski definition) is 6. The number of nitrogens with zero attached hydrogens (tertiary/aromatic N) is 2. The molecule has 0 radical (unpaired) electrons. The summed E-state index contributed by atoms with van der Waals surface area (Å²) >= 11 is 0. The zero-order valence-corrected chi connectivity index (χ0v) is 14.3. The molecule has 2 amide bonds. The normalized spacial score (nSPS) is 25.8. The van der Waals surface area contributed by atoms with Crippen molar-refractivity contribution >= 4 is 11.8 Å². The summed E-state index contributed by atoms with van der Waals surface area (Å²) in [5, 5.41) is 10.2. The predicted molar refractivity (Wildman–Crippen MR) is 85.1 cm³/mol. The van der Waals surface area contributed by atoms with Gasteiger partial charge in [0.2, 0.25) is 11.8 Å². The Labute approximate surface area is 140 Å². The molecule has 1 aromatic rings. The van der Waals surface area contributed by atoms with E-state index in [4.69, 9.17) is 9.26 Å². The van der Waals surface area contributed by atoms with E-state index in [0.717, 1.165) is 23.6 Å². The number of nitrogens with one attached hydrogen (secondary N) is 2. The standard InChI is InChI=1S/C16H24N4O4/c1-10-13(11(2)24-19-10)5-18-15(22)16-8-17-4-12(16)6-20(9-16)14(21)7-23-3/h12,17H,4-9H2,1-3H3,(H,18,22)/t12-,16-/m1/s1. The average Bonchev–Trinajstić information content (AvgIpc) is 3.19. The van der Waals surface area contributed by atoms with Crippen LogP contribution in [0.25, 0.3) is 0 Å². The summed E-state index contributed by atoms with van der Waals surface area (Å²) in [5.41, 5.74) is 1.13. The smallest absolute Gasteiger partial charge is 0.248 e. The molecule has 3 heterocycles. The molecule has 2 atom stereocenters. The molecule has 8 heteroatoms. The van der Waals surface area contributed by atoms with E-state index >= 15 is 0 Å². The average molecular weight is 336 g/mol. The van der Waals surface area contributed by atoms with Crippen LogP contribution in [-0.2, 0) is 20.9 Å². The number of carbonyl (C=O) groups is 2. The molecular formula is C16H24N4O4. The lowest BCUT2D eigenvalue weighted by atomic mass is 9.80. The number of hydrogen-bond donors (Lipinski definition) is 2. The molecule has 2 fully saturated rings. The van der Waals surface area contributed by atoms with Crippen LogP contribution in [0.4, 0.5) is 0 Å². The Morgan fingerprint density at radius 1 is 1.50 bits per heavy atom. The molecule has 0 saturated carbocycles. The summed E-state index contributed by atoms with van der Waals surface area (Å²) in [6.45, 7) is 6.49. The lowest BCUT2D eigenvalue weighted by Gasteiger charge is -2.26. The molecule has 2 saturated heterocycles. The Hall–Kier alpha value is -1.93. The molecule has 0 bridgehead atoms. The van der Waals surface area contributed by atoms with Gasteiger partial charge in [0.15, 0.2) is 0 Å². The molecule has 132 valence electrons. The molecule has 2 N–H and O–H groups in total. The highest BCUT2D eigenvalue weighted by atomic mass is 16.5. The third-order valence-corrected chi connectivity index (χ3v) is 5.21. The Morgan fingerprint density at radius 2 is 2.29 bits per heavy atom. The highest BCUT2D eigenvalue weighted by Crippen LogP contribution is 2.39. The first-order valence-corrected chi connectivity index (χ1v) is 8.15. The van der Waals surface area contributed by atoms with E-state index in [2.05, 4.69) is 15.8 Å². The molecule has 1 aromatic heterocycles. The van der Waals surface area contributed by atoms with E-state index in [-0.39, 0.29) is 24.3 Å². The number of amides is 2. The zero-order valence-electron chi connectivity index (χ0n) is 14.3. The van der Waals surface area contributed by atoms with Crippen LogP contribution < -0.4 is 10.6 Å². The molecule has 0 aromatic carbocycles. The van der Waals surface area contributed by atoms with Crippen LogP contribution in [0.1, 0.15) is 17.0 Å². The van der Waals surface area contributed by atoms with Crippen molar-refractivity contribution in [1.29, 1.82) is 0 Å². The van der Waals surface area contributed by atoms with Crippen molar-refractivity contribution in [2.75, 3.05) is 39.9 Å². The number of likely N-dealkylation sites (tertiary alicyclic amines) is 1. The minimum Gasteiger partial charge on any atom is -0.375 e. The zero-order chi connectivity index (χ0) is 17.3. The van der Waals surface area contributed by atoms with E-state index in [1.807, 2.05) is 13.8 Å². The Balaban J connectivity index is 1.69. The third-order valence-electron chi connectivity index (χ3n) is 5.21. The van der Waals surface area contributed by atoms with Crippen molar-refractivity contribution in [3.05, 3.63) is 17.0 Å². The number of fused-ring (bicyclic) bond motifs is 1. The van der Waals surface area contributed by atoms with Crippen molar-refractivity contribution < 1.29 is 18.8 Å². The Bertz CT molecular complexity index is 625. The van der Waals surface area contributed by atoms with Gasteiger partial charge in [0.25, 0.3) is 0 Å². The van der Waals surface area contributed by atoms with Gasteiger partial charge in [-0.05, 0) is 13.8 Å². The predicted octanol–water partition coefficient (Wildman–Crippen LogP) is -0.398. The highest BCUT2D eigenvalue weighted by molar-refractivity contribution is 5.86. The van der Waals surface area contributed by atoms with Crippen molar-refractivity contribution in [3.63, 3.8) is 0 Å². The number of ether oxygens (including phenoxy) is 1.